The van der Waals surface area contributed by atoms with Crippen LogP contribution in [0.5, 0.6) is 0 Å². The SMILES string of the molecule is O=C(NC1[C@@H]2[C@H]3CC[C@@H](C3)[C@H]12)N[C@@H]1CS(=O)(=O)c2ccccc21. The van der Waals surface area contributed by atoms with Crippen LogP contribution in [0.2, 0.25) is 0 Å². The van der Waals surface area contributed by atoms with Crippen LogP contribution < -0.4 is 10.6 Å². The van der Waals surface area contributed by atoms with E-state index in [0.29, 0.717) is 28.3 Å². The molecule has 6 atom stereocenters. The third-order valence-electron chi connectivity index (χ3n) is 6.35. The first kappa shape index (κ1) is 13.8. The molecule has 3 aliphatic carbocycles. The van der Waals surface area contributed by atoms with Crippen LogP contribution in [0.15, 0.2) is 29.2 Å². The first-order valence-corrected chi connectivity index (χ1v) is 10.1. The second kappa shape index (κ2) is 4.50. The number of sulfone groups is 1. The largest absolute Gasteiger partial charge is 0.335 e. The van der Waals surface area contributed by atoms with Gasteiger partial charge in [0.15, 0.2) is 9.84 Å². The number of carbonyl (C=O) groups excluding carboxylic acids is 1. The molecule has 2 N–H and O–H groups in total. The van der Waals surface area contributed by atoms with Gasteiger partial charge in [-0.15, -0.1) is 0 Å². The number of nitrogens with one attached hydrogen (secondary N) is 2. The van der Waals surface area contributed by atoms with E-state index in [2.05, 4.69) is 10.6 Å². The minimum atomic E-state index is -3.28. The molecule has 2 bridgehead atoms. The molecule has 122 valence electrons. The van der Waals surface area contributed by atoms with Crippen molar-refractivity contribution in [2.45, 2.75) is 36.2 Å². The van der Waals surface area contributed by atoms with Crippen molar-refractivity contribution in [3.8, 4) is 0 Å². The molecule has 0 spiro atoms. The predicted octanol–water partition coefficient (Wildman–Crippen LogP) is 1.86. The van der Waals surface area contributed by atoms with E-state index in [-0.39, 0.29) is 11.8 Å². The van der Waals surface area contributed by atoms with Crippen molar-refractivity contribution in [2.24, 2.45) is 23.7 Å². The molecule has 1 aromatic carbocycles. The quantitative estimate of drug-likeness (QED) is 0.868. The maximum Gasteiger partial charge on any atom is 0.315 e. The monoisotopic (exact) mass is 332 g/mol. The number of amides is 2. The summed E-state index contributed by atoms with van der Waals surface area (Å²) in [6.45, 7) is 0. The summed E-state index contributed by atoms with van der Waals surface area (Å²) in [4.78, 5) is 12.7. The Morgan fingerprint density at radius 2 is 1.74 bits per heavy atom. The Hall–Kier alpha value is -1.56. The van der Waals surface area contributed by atoms with E-state index in [0.717, 1.165) is 11.8 Å². The van der Waals surface area contributed by atoms with Gasteiger partial charge in [-0.25, -0.2) is 13.2 Å². The Bertz CT molecular complexity index is 775. The van der Waals surface area contributed by atoms with Gasteiger partial charge in [0.2, 0.25) is 0 Å². The highest BCUT2D eigenvalue weighted by Gasteiger charge is 2.65. The third-order valence-corrected chi connectivity index (χ3v) is 8.17. The van der Waals surface area contributed by atoms with E-state index in [1.165, 1.54) is 19.3 Å². The fourth-order valence-corrected chi connectivity index (χ4v) is 7.18. The lowest BCUT2D eigenvalue weighted by molar-refractivity contribution is 0.235. The number of fused-ring (bicyclic) bond motifs is 6. The van der Waals surface area contributed by atoms with Crippen molar-refractivity contribution in [3.05, 3.63) is 29.8 Å². The van der Waals surface area contributed by atoms with Crippen LogP contribution in [0, 0.1) is 23.7 Å². The van der Waals surface area contributed by atoms with Gasteiger partial charge < -0.3 is 10.6 Å². The summed E-state index contributed by atoms with van der Waals surface area (Å²) < 4.78 is 24.3. The standard InChI is InChI=1S/C17H20N2O3S/c20-17(19-16-14-9-5-6-10(7-9)15(14)16)18-12-8-23(21,22)13-4-2-1-3-11(12)13/h1-4,9-10,12,14-16H,5-8H2,(H2,18,19,20)/t9-,10-,12+,14-,15+,16?/m0/s1. The molecule has 4 aliphatic rings. The van der Waals surface area contributed by atoms with Gasteiger partial charge in [-0.05, 0) is 54.6 Å². The van der Waals surface area contributed by atoms with E-state index in [9.17, 15) is 13.2 Å². The predicted molar refractivity (Wildman–Crippen MR) is 84.5 cm³/mol. The number of hydrogen-bond acceptors (Lipinski definition) is 3. The molecule has 0 saturated heterocycles. The molecule has 23 heavy (non-hydrogen) atoms. The first-order valence-electron chi connectivity index (χ1n) is 8.43. The molecule has 2 amide bonds. The molecule has 1 aromatic rings. The van der Waals surface area contributed by atoms with E-state index in [4.69, 9.17) is 0 Å². The van der Waals surface area contributed by atoms with Gasteiger partial charge in [0, 0.05) is 6.04 Å². The van der Waals surface area contributed by atoms with Gasteiger partial charge in [0.05, 0.1) is 16.7 Å². The molecule has 0 radical (unpaired) electrons. The summed E-state index contributed by atoms with van der Waals surface area (Å²) in [5.74, 6) is 2.94. The lowest BCUT2D eigenvalue weighted by Gasteiger charge is -2.15. The minimum absolute atomic E-state index is 0.0391. The van der Waals surface area contributed by atoms with Crippen molar-refractivity contribution >= 4 is 15.9 Å². The molecule has 3 saturated carbocycles. The number of urea groups is 1. The Kier molecular flexibility index (Phi) is 2.71. The zero-order valence-corrected chi connectivity index (χ0v) is 13.6. The zero-order valence-electron chi connectivity index (χ0n) is 12.7. The van der Waals surface area contributed by atoms with Crippen LogP contribution in [-0.2, 0) is 9.84 Å². The Morgan fingerprint density at radius 1 is 1.04 bits per heavy atom. The smallest absolute Gasteiger partial charge is 0.315 e. The summed E-state index contributed by atoms with van der Waals surface area (Å²) >= 11 is 0. The highest BCUT2D eigenvalue weighted by molar-refractivity contribution is 7.91. The molecule has 5 rings (SSSR count). The number of benzene rings is 1. The van der Waals surface area contributed by atoms with Crippen molar-refractivity contribution in [2.75, 3.05) is 5.75 Å². The molecule has 6 heteroatoms. The van der Waals surface area contributed by atoms with Crippen LogP contribution in [0.4, 0.5) is 4.79 Å². The van der Waals surface area contributed by atoms with Gasteiger partial charge in [0.25, 0.3) is 0 Å². The summed E-state index contributed by atoms with van der Waals surface area (Å²) in [6, 6.07) is 6.60. The highest BCUT2D eigenvalue weighted by Crippen LogP contribution is 2.65. The third kappa shape index (κ3) is 1.97. The van der Waals surface area contributed by atoms with Gasteiger partial charge in [-0.2, -0.15) is 0 Å². The molecule has 5 nitrogen and oxygen atoms in total. The second-order valence-electron chi connectivity index (χ2n) is 7.50. The summed E-state index contributed by atoms with van der Waals surface area (Å²) in [5.41, 5.74) is 0.707. The zero-order chi connectivity index (χ0) is 15.8. The van der Waals surface area contributed by atoms with Crippen molar-refractivity contribution < 1.29 is 13.2 Å². The maximum atomic E-state index is 12.3. The summed E-state index contributed by atoms with van der Waals surface area (Å²) in [7, 11) is -3.28. The van der Waals surface area contributed by atoms with Crippen LogP contribution >= 0.6 is 0 Å². The summed E-state index contributed by atoms with van der Waals surface area (Å²) in [5, 5.41) is 5.97. The Morgan fingerprint density at radius 3 is 2.48 bits per heavy atom. The van der Waals surface area contributed by atoms with Crippen molar-refractivity contribution in [3.63, 3.8) is 0 Å². The van der Waals surface area contributed by atoms with Crippen molar-refractivity contribution in [1.82, 2.24) is 10.6 Å². The van der Waals surface area contributed by atoms with Gasteiger partial charge >= 0.3 is 6.03 Å². The molecule has 1 heterocycles. The van der Waals surface area contributed by atoms with Gasteiger partial charge in [-0.1, -0.05) is 18.2 Å². The molecular formula is C17H20N2O3S. The number of hydrogen-bond donors (Lipinski definition) is 2. The minimum Gasteiger partial charge on any atom is -0.335 e. The van der Waals surface area contributed by atoms with E-state index < -0.39 is 15.9 Å². The molecular weight excluding hydrogens is 312 g/mol. The lowest BCUT2D eigenvalue weighted by Crippen LogP contribution is -2.41. The molecule has 0 aromatic heterocycles. The fourth-order valence-electron chi connectivity index (χ4n) is 5.44. The average molecular weight is 332 g/mol. The molecule has 1 unspecified atom stereocenters. The van der Waals surface area contributed by atoms with Crippen LogP contribution in [0.3, 0.4) is 0 Å². The van der Waals surface area contributed by atoms with E-state index in [1.807, 2.05) is 6.07 Å². The van der Waals surface area contributed by atoms with Gasteiger partial charge in [0.1, 0.15) is 0 Å². The summed E-state index contributed by atoms with van der Waals surface area (Å²) in [6.07, 6.45) is 3.99. The number of carbonyl (C=O) groups is 1. The second-order valence-corrected chi connectivity index (χ2v) is 9.51. The van der Waals surface area contributed by atoms with Crippen molar-refractivity contribution in [1.29, 1.82) is 0 Å². The highest BCUT2D eigenvalue weighted by atomic mass is 32.2. The molecule has 1 aliphatic heterocycles. The Balaban J connectivity index is 1.28. The number of rotatable bonds is 2. The maximum absolute atomic E-state index is 12.3. The normalized spacial score (nSPS) is 41.2. The van der Waals surface area contributed by atoms with E-state index >= 15 is 0 Å². The van der Waals surface area contributed by atoms with Crippen LogP contribution in [0.1, 0.15) is 30.9 Å². The van der Waals surface area contributed by atoms with Crippen LogP contribution in [0.25, 0.3) is 0 Å². The van der Waals surface area contributed by atoms with Gasteiger partial charge in [-0.3, -0.25) is 0 Å². The fraction of sp³-hybridized carbons (Fsp3) is 0.588. The average Bonchev–Trinajstić information content (AvgIpc) is 2.85. The van der Waals surface area contributed by atoms with Crippen LogP contribution in [-0.4, -0.2) is 26.2 Å². The van der Waals surface area contributed by atoms with E-state index in [1.54, 1.807) is 18.2 Å². The lowest BCUT2D eigenvalue weighted by atomic mass is 10.0. The first-order chi connectivity index (χ1) is 11.0. The Labute approximate surface area is 135 Å². The molecule has 3 fully saturated rings. The topological polar surface area (TPSA) is 75.3 Å².